The molecule has 3 nitrogen and oxygen atoms in total. The van der Waals surface area contributed by atoms with Gasteiger partial charge in [-0.1, -0.05) is 6.42 Å². The lowest BCUT2D eigenvalue weighted by atomic mass is 10.4. The smallest absolute Gasteiger partial charge is 0.303 e. The van der Waals surface area contributed by atoms with Gasteiger partial charge in [-0.05, 0) is 18.5 Å². The second-order valence-corrected chi connectivity index (χ2v) is 5.65. The van der Waals surface area contributed by atoms with Crippen molar-refractivity contribution < 1.29 is 14.3 Å². The molecule has 4 heteroatoms. The summed E-state index contributed by atoms with van der Waals surface area (Å²) in [5, 5.41) is 8.41. The van der Waals surface area contributed by atoms with Gasteiger partial charge < -0.3 is 9.53 Å². The maximum absolute atomic E-state index is 10.2. The third kappa shape index (κ3) is 3.53. The van der Waals surface area contributed by atoms with Crippen molar-refractivity contribution in [1.82, 2.24) is 0 Å². The Bertz CT molecular complexity index is 132. The molecule has 0 radical (unpaired) electrons. The van der Waals surface area contributed by atoms with Gasteiger partial charge in [0.2, 0.25) is 0 Å². The van der Waals surface area contributed by atoms with Gasteiger partial charge in [-0.3, -0.25) is 4.79 Å². The summed E-state index contributed by atoms with van der Waals surface area (Å²) in [6.07, 6.45) is 2.71. The first kappa shape index (κ1) is 8.74. The minimum atomic E-state index is -1.06. The first-order chi connectivity index (χ1) is 5.29. The van der Waals surface area contributed by atoms with Crippen LogP contribution in [0.25, 0.3) is 0 Å². The number of hydrogen-bond donors (Lipinski definition) is 1. The predicted molar refractivity (Wildman–Crippen MR) is 44.2 cm³/mol. The van der Waals surface area contributed by atoms with Gasteiger partial charge in [0.1, 0.15) is 0 Å². The molecule has 0 aromatic carbocycles. The van der Waals surface area contributed by atoms with E-state index >= 15 is 0 Å². The highest BCUT2D eigenvalue weighted by molar-refractivity contribution is 6.52. The van der Waals surface area contributed by atoms with E-state index in [1.54, 1.807) is 0 Å². The monoisotopic (exact) mass is 174 g/mol. The van der Waals surface area contributed by atoms with Crippen LogP contribution < -0.4 is 0 Å². The Morgan fingerprint density at radius 1 is 1.55 bits per heavy atom. The number of carboxylic acids is 1. The Hall–Kier alpha value is -0.353. The summed E-state index contributed by atoms with van der Waals surface area (Å²) in [5.74, 6) is -0.688. The van der Waals surface area contributed by atoms with Crippen molar-refractivity contribution in [3.63, 3.8) is 0 Å². The van der Waals surface area contributed by atoms with Gasteiger partial charge in [0.15, 0.2) is 9.04 Å². The minimum absolute atomic E-state index is 0.302. The number of rotatable bonds is 3. The van der Waals surface area contributed by atoms with E-state index in [-0.39, 0.29) is 0 Å². The van der Waals surface area contributed by atoms with Crippen LogP contribution >= 0.6 is 0 Å². The van der Waals surface area contributed by atoms with Crippen molar-refractivity contribution in [2.24, 2.45) is 0 Å². The summed E-state index contributed by atoms with van der Waals surface area (Å²) in [5.41, 5.74) is 0. The summed E-state index contributed by atoms with van der Waals surface area (Å²) in [7, 11) is -1.06. The van der Waals surface area contributed by atoms with Crippen LogP contribution in [-0.4, -0.2) is 26.7 Å². The molecule has 1 aliphatic rings. The lowest BCUT2D eigenvalue weighted by molar-refractivity contribution is -0.136. The zero-order valence-electron chi connectivity index (χ0n) is 6.58. The molecule has 0 bridgehead atoms. The largest absolute Gasteiger partial charge is 0.481 e. The van der Waals surface area contributed by atoms with Crippen molar-refractivity contribution in [3.05, 3.63) is 0 Å². The van der Waals surface area contributed by atoms with Crippen LogP contribution in [0.1, 0.15) is 19.3 Å². The molecule has 1 fully saturated rings. The first-order valence-electron chi connectivity index (χ1n) is 4.12. The molecule has 0 aromatic heterocycles. The van der Waals surface area contributed by atoms with Gasteiger partial charge >= 0.3 is 5.97 Å². The molecule has 0 aromatic rings. The van der Waals surface area contributed by atoms with Gasteiger partial charge in [-0.2, -0.15) is 0 Å². The van der Waals surface area contributed by atoms with E-state index < -0.39 is 15.0 Å². The number of hydrogen-bond acceptors (Lipinski definition) is 2. The fourth-order valence-electron chi connectivity index (χ4n) is 1.32. The third-order valence-electron chi connectivity index (χ3n) is 1.95. The van der Waals surface area contributed by atoms with E-state index in [4.69, 9.17) is 9.53 Å². The van der Waals surface area contributed by atoms with Crippen LogP contribution in [0.5, 0.6) is 0 Å². The quantitative estimate of drug-likeness (QED) is 0.649. The molecule has 11 heavy (non-hydrogen) atoms. The maximum Gasteiger partial charge on any atom is 0.303 e. The second-order valence-electron chi connectivity index (χ2n) is 2.92. The van der Waals surface area contributed by atoms with Crippen LogP contribution in [-0.2, 0) is 9.22 Å². The second kappa shape index (κ2) is 4.51. The van der Waals surface area contributed by atoms with Crippen LogP contribution in [0.15, 0.2) is 0 Å². The summed E-state index contributed by atoms with van der Waals surface area (Å²) >= 11 is 0. The molecule has 0 saturated carbocycles. The minimum Gasteiger partial charge on any atom is -0.481 e. The van der Waals surface area contributed by atoms with Gasteiger partial charge in [-0.15, -0.1) is 0 Å². The molecule has 1 unspecified atom stereocenters. The molecule has 1 heterocycles. The Labute approximate surface area is 68.1 Å². The van der Waals surface area contributed by atoms with Gasteiger partial charge in [0.25, 0.3) is 0 Å². The molecule has 1 N–H and O–H groups in total. The normalized spacial score (nSPS) is 24.9. The lowest BCUT2D eigenvalue weighted by Gasteiger charge is -2.19. The van der Waals surface area contributed by atoms with E-state index in [1.165, 1.54) is 12.5 Å². The van der Waals surface area contributed by atoms with Gasteiger partial charge in [-0.25, -0.2) is 0 Å². The SMILES string of the molecule is O=C(O)CC[SiH]1CCCCO1. The first-order valence-corrected chi connectivity index (χ1v) is 6.23. The fraction of sp³-hybridized carbons (Fsp3) is 0.857. The Balaban J connectivity index is 2.09. The number of aliphatic carboxylic acids is 1. The average molecular weight is 174 g/mol. The summed E-state index contributed by atoms with van der Waals surface area (Å²) in [4.78, 5) is 10.2. The van der Waals surface area contributed by atoms with Gasteiger partial charge in [0, 0.05) is 13.0 Å². The topological polar surface area (TPSA) is 46.5 Å². The lowest BCUT2D eigenvalue weighted by Crippen LogP contribution is -2.23. The van der Waals surface area contributed by atoms with Crippen molar-refractivity contribution >= 4 is 15.0 Å². The molecule has 1 rings (SSSR count). The molecule has 0 aliphatic carbocycles. The van der Waals surface area contributed by atoms with E-state index in [2.05, 4.69) is 0 Å². The third-order valence-corrected chi connectivity index (χ3v) is 4.65. The highest BCUT2D eigenvalue weighted by Gasteiger charge is 2.16. The average Bonchev–Trinajstić information content (AvgIpc) is 2.03. The highest BCUT2D eigenvalue weighted by Crippen LogP contribution is 2.15. The number of carboxylic acid groups (broad SMARTS) is 1. The molecule has 1 saturated heterocycles. The van der Waals surface area contributed by atoms with E-state index in [1.807, 2.05) is 0 Å². The fourth-order valence-corrected chi connectivity index (χ4v) is 3.75. The summed E-state index contributed by atoms with van der Waals surface area (Å²) < 4.78 is 5.50. The molecular formula is C7H14O3Si. The Morgan fingerprint density at radius 2 is 2.36 bits per heavy atom. The van der Waals surface area contributed by atoms with Crippen molar-refractivity contribution in [2.45, 2.75) is 31.4 Å². The van der Waals surface area contributed by atoms with E-state index in [0.29, 0.717) is 6.42 Å². The standard InChI is InChI=1S/C7H14O3Si/c8-7(9)3-6-11-5-2-1-4-10-11/h11H,1-6H2,(H,8,9). The molecule has 64 valence electrons. The summed E-state index contributed by atoms with van der Waals surface area (Å²) in [6.45, 7) is 0.872. The predicted octanol–water partition coefficient (Wildman–Crippen LogP) is 0.995. The van der Waals surface area contributed by atoms with Crippen LogP contribution in [0, 0.1) is 0 Å². The van der Waals surface area contributed by atoms with Crippen LogP contribution in [0.4, 0.5) is 0 Å². The zero-order valence-corrected chi connectivity index (χ0v) is 7.74. The number of carbonyl (C=O) groups is 1. The van der Waals surface area contributed by atoms with E-state index in [0.717, 1.165) is 19.1 Å². The van der Waals surface area contributed by atoms with Crippen molar-refractivity contribution in [3.8, 4) is 0 Å². The van der Waals surface area contributed by atoms with Crippen molar-refractivity contribution in [2.75, 3.05) is 6.61 Å². The molecular weight excluding hydrogens is 160 g/mol. The molecule has 0 spiro atoms. The Morgan fingerprint density at radius 3 is 2.91 bits per heavy atom. The van der Waals surface area contributed by atoms with Gasteiger partial charge in [0.05, 0.1) is 0 Å². The Kier molecular flexibility index (Phi) is 3.58. The highest BCUT2D eigenvalue weighted by atomic mass is 28.3. The maximum atomic E-state index is 10.2. The van der Waals surface area contributed by atoms with Crippen molar-refractivity contribution in [1.29, 1.82) is 0 Å². The van der Waals surface area contributed by atoms with E-state index in [9.17, 15) is 4.79 Å². The molecule has 0 amide bonds. The molecule has 1 aliphatic heterocycles. The van der Waals surface area contributed by atoms with Crippen LogP contribution in [0.2, 0.25) is 12.1 Å². The zero-order chi connectivity index (χ0) is 8.10. The molecule has 1 atom stereocenters. The van der Waals surface area contributed by atoms with Crippen LogP contribution in [0.3, 0.4) is 0 Å². The summed E-state index contributed by atoms with van der Waals surface area (Å²) in [6, 6.07) is 1.99.